The molecule has 3 nitrogen and oxygen atoms in total. The third-order valence-electron chi connectivity index (χ3n) is 2.66. The fourth-order valence-electron chi connectivity index (χ4n) is 1.69. The number of amides is 1. The van der Waals surface area contributed by atoms with Crippen molar-refractivity contribution in [2.24, 2.45) is 0 Å². The van der Waals surface area contributed by atoms with E-state index in [9.17, 15) is 14.0 Å². The summed E-state index contributed by atoms with van der Waals surface area (Å²) in [5.41, 5.74) is 1.10. The number of hydrogen-bond donors (Lipinski definition) is 1. The van der Waals surface area contributed by atoms with Gasteiger partial charge in [-0.2, -0.15) is 0 Å². The van der Waals surface area contributed by atoms with Gasteiger partial charge in [-0.3, -0.25) is 0 Å². The van der Waals surface area contributed by atoms with Crippen LogP contribution >= 0.6 is 0 Å². The zero-order chi connectivity index (χ0) is 15.2. The van der Waals surface area contributed by atoms with Gasteiger partial charge in [0.1, 0.15) is 0 Å². The Bertz CT molecular complexity index is 656. The first-order chi connectivity index (χ1) is 10.1. The van der Waals surface area contributed by atoms with Gasteiger partial charge in [0.25, 0.3) is 0 Å². The first-order valence-electron chi connectivity index (χ1n) is 6.34. The molecular formula is C16H14FNO2Se. The monoisotopic (exact) mass is 351 g/mol. The third-order valence-corrected chi connectivity index (χ3v) is 5.22. The number of benzene rings is 2. The Labute approximate surface area is 128 Å². The molecule has 2 aromatic rings. The van der Waals surface area contributed by atoms with E-state index < -0.39 is 0 Å². The molecule has 0 heterocycles. The fraction of sp³-hybridized carbons (Fsp3) is 0.125. The minimum absolute atomic E-state index is 0.0669. The summed E-state index contributed by atoms with van der Waals surface area (Å²) in [6.07, 6.45) is 0. The van der Waals surface area contributed by atoms with Crippen LogP contribution in [0.3, 0.4) is 0 Å². The van der Waals surface area contributed by atoms with Crippen molar-refractivity contribution in [3.05, 3.63) is 59.9 Å². The van der Waals surface area contributed by atoms with E-state index in [2.05, 4.69) is 5.32 Å². The molecule has 0 saturated carbocycles. The third kappa shape index (κ3) is 4.52. The Morgan fingerprint density at radius 2 is 1.76 bits per heavy atom. The first-order valence-corrected chi connectivity index (χ1v) is 8.41. The summed E-state index contributed by atoms with van der Waals surface area (Å²) in [5.74, 6) is -0.482. The Balaban J connectivity index is 2.14. The Morgan fingerprint density at radius 1 is 1.10 bits per heavy atom. The summed E-state index contributed by atoms with van der Waals surface area (Å²) in [5, 5.41) is 3.20. The standard InChI is InChI=1S/C16H14FNO2Se/c1-11(19)10-21-15-5-3-2-4-14(15)16(20)18-13-8-6-12(17)7-9-13/h2-9H,10H2,1H3,(H,18,20). The van der Waals surface area contributed by atoms with Crippen LogP contribution in [0.5, 0.6) is 0 Å². The van der Waals surface area contributed by atoms with Gasteiger partial charge < -0.3 is 0 Å². The molecule has 0 fully saturated rings. The second kappa shape index (κ2) is 7.16. The van der Waals surface area contributed by atoms with Crippen LogP contribution in [0.1, 0.15) is 17.3 Å². The van der Waals surface area contributed by atoms with Crippen molar-refractivity contribution in [1.29, 1.82) is 0 Å². The molecule has 21 heavy (non-hydrogen) atoms. The Kier molecular flexibility index (Phi) is 5.25. The molecule has 0 aromatic heterocycles. The molecule has 2 aromatic carbocycles. The maximum absolute atomic E-state index is 12.8. The number of nitrogens with one attached hydrogen (secondary N) is 1. The van der Waals surface area contributed by atoms with E-state index >= 15 is 0 Å². The van der Waals surface area contributed by atoms with E-state index in [-0.39, 0.29) is 32.5 Å². The molecule has 0 aliphatic rings. The summed E-state index contributed by atoms with van der Waals surface area (Å²) in [6, 6.07) is 12.8. The van der Waals surface area contributed by atoms with Crippen molar-refractivity contribution in [1.82, 2.24) is 0 Å². The fourth-order valence-corrected chi connectivity index (χ4v) is 3.47. The second-order valence-electron chi connectivity index (χ2n) is 4.45. The van der Waals surface area contributed by atoms with Gasteiger partial charge >= 0.3 is 128 Å². The van der Waals surface area contributed by atoms with E-state index in [1.54, 1.807) is 19.1 Å². The van der Waals surface area contributed by atoms with Crippen molar-refractivity contribution in [2.45, 2.75) is 12.2 Å². The average molecular weight is 350 g/mol. The van der Waals surface area contributed by atoms with Crippen molar-refractivity contribution in [3.63, 3.8) is 0 Å². The number of ketones is 1. The molecule has 0 spiro atoms. The van der Waals surface area contributed by atoms with Crippen LogP contribution in [-0.4, -0.2) is 26.6 Å². The van der Waals surface area contributed by atoms with E-state index in [4.69, 9.17) is 0 Å². The summed E-state index contributed by atoms with van der Waals surface area (Å²) in [6.45, 7) is 1.54. The van der Waals surface area contributed by atoms with Gasteiger partial charge in [0.05, 0.1) is 0 Å². The normalized spacial score (nSPS) is 10.2. The number of anilines is 1. The molecule has 0 bridgehead atoms. The molecule has 108 valence electrons. The SMILES string of the molecule is CC(=O)C[Se]c1ccccc1C(=O)Nc1ccc(F)cc1. The van der Waals surface area contributed by atoms with Crippen LogP contribution in [0.2, 0.25) is 5.32 Å². The molecule has 0 unspecified atom stereocenters. The maximum atomic E-state index is 12.8. The summed E-state index contributed by atoms with van der Waals surface area (Å²) in [7, 11) is 0. The molecular weight excluding hydrogens is 336 g/mol. The van der Waals surface area contributed by atoms with Gasteiger partial charge in [0.2, 0.25) is 0 Å². The summed E-state index contributed by atoms with van der Waals surface area (Å²) in [4.78, 5) is 23.4. The van der Waals surface area contributed by atoms with Crippen LogP contribution < -0.4 is 9.78 Å². The Morgan fingerprint density at radius 3 is 2.43 bits per heavy atom. The zero-order valence-electron chi connectivity index (χ0n) is 11.4. The van der Waals surface area contributed by atoms with Crippen LogP contribution in [0.25, 0.3) is 0 Å². The van der Waals surface area contributed by atoms with Gasteiger partial charge in [-0.15, -0.1) is 0 Å². The molecule has 0 radical (unpaired) electrons. The van der Waals surface area contributed by atoms with Gasteiger partial charge in [-0.25, -0.2) is 0 Å². The van der Waals surface area contributed by atoms with Gasteiger partial charge in [-0.1, -0.05) is 0 Å². The van der Waals surface area contributed by atoms with Crippen molar-refractivity contribution >= 4 is 36.8 Å². The molecule has 1 amide bonds. The summed E-state index contributed by atoms with van der Waals surface area (Å²) < 4.78 is 13.7. The minimum atomic E-state index is -0.349. The number of rotatable bonds is 5. The summed E-state index contributed by atoms with van der Waals surface area (Å²) >= 11 is -0.0669. The number of hydrogen-bond acceptors (Lipinski definition) is 2. The zero-order valence-corrected chi connectivity index (χ0v) is 13.1. The van der Waals surface area contributed by atoms with Gasteiger partial charge in [0, 0.05) is 0 Å². The van der Waals surface area contributed by atoms with Crippen LogP contribution in [0.4, 0.5) is 10.1 Å². The first kappa shape index (κ1) is 15.4. The van der Waals surface area contributed by atoms with Crippen LogP contribution in [0, 0.1) is 5.82 Å². The molecule has 5 heteroatoms. The van der Waals surface area contributed by atoms with E-state index in [0.717, 1.165) is 4.46 Å². The molecule has 0 aliphatic heterocycles. The van der Waals surface area contributed by atoms with Gasteiger partial charge in [-0.05, 0) is 0 Å². The van der Waals surface area contributed by atoms with E-state index in [0.29, 0.717) is 16.6 Å². The average Bonchev–Trinajstić information content (AvgIpc) is 2.47. The second-order valence-corrected chi connectivity index (χ2v) is 6.58. The van der Waals surface area contributed by atoms with E-state index in [1.165, 1.54) is 24.3 Å². The molecule has 0 atom stereocenters. The van der Waals surface area contributed by atoms with Gasteiger partial charge in [0.15, 0.2) is 0 Å². The Hall–Kier alpha value is -1.97. The number of Topliss-reactive ketones (excluding diaryl/α,β-unsaturated/α-hetero) is 1. The topological polar surface area (TPSA) is 46.2 Å². The molecule has 2 rings (SSSR count). The van der Waals surface area contributed by atoms with Crippen LogP contribution in [0.15, 0.2) is 48.5 Å². The predicted molar refractivity (Wildman–Crippen MR) is 81.7 cm³/mol. The van der Waals surface area contributed by atoms with Crippen LogP contribution in [-0.2, 0) is 4.79 Å². The van der Waals surface area contributed by atoms with Crippen molar-refractivity contribution < 1.29 is 14.0 Å². The number of halogens is 1. The predicted octanol–water partition coefficient (Wildman–Crippen LogP) is 2.41. The number of carbonyl (C=O) groups excluding carboxylic acids is 2. The number of carbonyl (C=O) groups is 2. The van der Waals surface area contributed by atoms with Crippen molar-refractivity contribution in [2.75, 3.05) is 5.32 Å². The van der Waals surface area contributed by atoms with Crippen molar-refractivity contribution in [3.8, 4) is 0 Å². The van der Waals surface area contributed by atoms with E-state index in [1.807, 2.05) is 12.1 Å². The molecule has 1 N–H and O–H groups in total. The molecule has 0 aliphatic carbocycles. The quantitative estimate of drug-likeness (QED) is 0.842. The molecule has 0 saturated heterocycles.